The molecule has 2 aromatic heterocycles. The van der Waals surface area contributed by atoms with Crippen LogP contribution in [-0.2, 0) is 10.3 Å². The zero-order valence-corrected chi connectivity index (χ0v) is 18.8. The molecule has 4 aliphatic rings. The number of aromatic nitrogens is 3. The predicted octanol–water partition coefficient (Wildman–Crippen LogP) is 2.89. The van der Waals surface area contributed by atoms with Crippen molar-refractivity contribution in [3.8, 4) is 0 Å². The van der Waals surface area contributed by atoms with E-state index in [1.165, 1.54) is 32.1 Å². The molecule has 2 aliphatic carbocycles. The van der Waals surface area contributed by atoms with Crippen molar-refractivity contribution in [3.63, 3.8) is 0 Å². The van der Waals surface area contributed by atoms with Crippen LogP contribution in [0, 0.1) is 0 Å². The number of anilines is 1. The van der Waals surface area contributed by atoms with Gasteiger partial charge >= 0.3 is 0 Å². The van der Waals surface area contributed by atoms with Crippen molar-refractivity contribution < 1.29 is 9.53 Å². The molecule has 2 N–H and O–H groups in total. The summed E-state index contributed by atoms with van der Waals surface area (Å²) < 4.78 is 7.76. The van der Waals surface area contributed by atoms with Crippen LogP contribution in [0.2, 0.25) is 0 Å². The van der Waals surface area contributed by atoms with Gasteiger partial charge in [0.1, 0.15) is 11.3 Å². The first kappa shape index (κ1) is 20.4. The molecule has 32 heavy (non-hydrogen) atoms. The van der Waals surface area contributed by atoms with Gasteiger partial charge in [-0.15, -0.1) is 0 Å². The number of fused-ring (bicyclic) bond motifs is 4. The zero-order valence-electron chi connectivity index (χ0n) is 18.8. The van der Waals surface area contributed by atoms with Crippen LogP contribution in [0.25, 0.3) is 11.0 Å². The lowest BCUT2D eigenvalue weighted by Crippen LogP contribution is -2.52. The highest BCUT2D eigenvalue weighted by molar-refractivity contribution is 5.99. The minimum absolute atomic E-state index is 0.00939. The third kappa shape index (κ3) is 3.57. The number of rotatable bonds is 3. The summed E-state index contributed by atoms with van der Waals surface area (Å²) in [5.41, 5.74) is 1.62. The Bertz CT molecular complexity index is 984. The van der Waals surface area contributed by atoms with Crippen LogP contribution in [0.15, 0.2) is 12.3 Å². The topological polar surface area (TPSA) is 84.3 Å². The number of morpholine rings is 1. The number of amides is 1. The fourth-order valence-electron chi connectivity index (χ4n) is 6.44. The van der Waals surface area contributed by atoms with Gasteiger partial charge in [-0.05, 0) is 44.6 Å². The second kappa shape index (κ2) is 8.30. The minimum Gasteiger partial charge on any atom is -0.379 e. The van der Waals surface area contributed by atoms with E-state index < -0.39 is 0 Å². The number of nitrogens with one attached hydrogen (secondary N) is 2. The average Bonchev–Trinajstić information content (AvgIpc) is 3.24. The van der Waals surface area contributed by atoms with E-state index in [1.54, 1.807) is 0 Å². The van der Waals surface area contributed by atoms with Crippen LogP contribution < -0.4 is 10.6 Å². The quantitative estimate of drug-likeness (QED) is 0.767. The Balaban J connectivity index is 1.22. The molecule has 2 saturated carbocycles. The molecule has 1 spiro atoms. The molecule has 0 bridgehead atoms. The lowest BCUT2D eigenvalue weighted by Gasteiger charge is -2.43. The fraction of sp³-hybridized carbons (Fsp3) is 0.708. The smallest absolute Gasteiger partial charge is 0.268 e. The Kier molecular flexibility index (Phi) is 5.30. The van der Waals surface area contributed by atoms with Gasteiger partial charge in [-0.2, -0.15) is 4.98 Å². The van der Waals surface area contributed by atoms with E-state index in [9.17, 15) is 4.79 Å². The molecule has 172 valence electrons. The molecule has 0 atom stereocenters. The lowest BCUT2D eigenvalue weighted by molar-refractivity contribution is 0.00790. The standard InChI is InChI=1S/C24H34N6O2/c31-22-20-14-17-15-25-23(27-18-4-6-19(7-5-18)29-10-12-32-13-11-29)28-21(17)30(20)24(16-26-22)8-2-1-3-9-24/h14-15,18-19H,1-13,16H2,(H,26,31)(H,25,27,28)/t18-,19-. The summed E-state index contributed by atoms with van der Waals surface area (Å²) in [6.07, 6.45) is 12.5. The van der Waals surface area contributed by atoms with Crippen molar-refractivity contribution in [1.29, 1.82) is 0 Å². The summed E-state index contributed by atoms with van der Waals surface area (Å²) in [4.78, 5) is 24.8. The van der Waals surface area contributed by atoms with Gasteiger partial charge in [0, 0.05) is 43.3 Å². The van der Waals surface area contributed by atoms with E-state index in [4.69, 9.17) is 9.72 Å². The van der Waals surface area contributed by atoms with Gasteiger partial charge in [-0.3, -0.25) is 9.69 Å². The molecule has 1 saturated heterocycles. The first-order chi connectivity index (χ1) is 15.7. The molecule has 0 radical (unpaired) electrons. The van der Waals surface area contributed by atoms with Crippen LogP contribution >= 0.6 is 0 Å². The van der Waals surface area contributed by atoms with Crippen molar-refractivity contribution in [2.24, 2.45) is 0 Å². The molecule has 4 heterocycles. The van der Waals surface area contributed by atoms with Crippen LogP contribution in [-0.4, -0.2) is 70.3 Å². The highest BCUT2D eigenvalue weighted by atomic mass is 16.5. The fourth-order valence-corrected chi connectivity index (χ4v) is 6.44. The number of nitrogens with zero attached hydrogens (tertiary/aromatic N) is 4. The van der Waals surface area contributed by atoms with E-state index in [0.29, 0.717) is 24.6 Å². The highest BCUT2D eigenvalue weighted by Crippen LogP contribution is 2.40. The van der Waals surface area contributed by atoms with E-state index in [2.05, 4.69) is 25.1 Å². The maximum absolute atomic E-state index is 12.6. The first-order valence-corrected chi connectivity index (χ1v) is 12.5. The number of ether oxygens (including phenoxy) is 1. The van der Waals surface area contributed by atoms with Gasteiger partial charge < -0.3 is 19.9 Å². The van der Waals surface area contributed by atoms with Crippen LogP contribution in [0.1, 0.15) is 68.3 Å². The maximum atomic E-state index is 12.6. The summed E-state index contributed by atoms with van der Waals surface area (Å²) in [6, 6.07) is 3.06. The molecular weight excluding hydrogens is 404 g/mol. The summed E-state index contributed by atoms with van der Waals surface area (Å²) in [6.45, 7) is 4.58. The molecule has 8 nitrogen and oxygen atoms in total. The van der Waals surface area contributed by atoms with Gasteiger partial charge in [0.2, 0.25) is 5.95 Å². The minimum atomic E-state index is -0.0366. The van der Waals surface area contributed by atoms with E-state index in [-0.39, 0.29) is 11.4 Å². The van der Waals surface area contributed by atoms with Crippen LogP contribution in [0.3, 0.4) is 0 Å². The number of hydrogen-bond acceptors (Lipinski definition) is 6. The Labute approximate surface area is 189 Å². The van der Waals surface area contributed by atoms with Gasteiger partial charge in [0.15, 0.2) is 0 Å². The molecule has 0 unspecified atom stereocenters. The molecule has 2 aromatic rings. The average molecular weight is 439 g/mol. The van der Waals surface area contributed by atoms with Gasteiger partial charge in [-0.1, -0.05) is 19.3 Å². The number of carbonyl (C=O) groups excluding carboxylic acids is 1. The zero-order chi connectivity index (χ0) is 21.5. The van der Waals surface area contributed by atoms with Crippen molar-refractivity contribution in [3.05, 3.63) is 18.0 Å². The third-order valence-electron chi connectivity index (χ3n) is 8.20. The third-order valence-corrected chi connectivity index (χ3v) is 8.20. The molecule has 1 amide bonds. The lowest BCUT2D eigenvalue weighted by atomic mass is 9.80. The van der Waals surface area contributed by atoms with Crippen molar-refractivity contribution >= 4 is 22.9 Å². The predicted molar refractivity (Wildman–Crippen MR) is 123 cm³/mol. The van der Waals surface area contributed by atoms with Gasteiger partial charge in [0.25, 0.3) is 5.91 Å². The highest BCUT2D eigenvalue weighted by Gasteiger charge is 2.41. The second-order valence-corrected chi connectivity index (χ2v) is 10.1. The largest absolute Gasteiger partial charge is 0.379 e. The second-order valence-electron chi connectivity index (χ2n) is 10.1. The summed E-state index contributed by atoms with van der Waals surface area (Å²) in [5.74, 6) is 0.709. The maximum Gasteiger partial charge on any atom is 0.268 e. The Morgan fingerprint density at radius 3 is 2.66 bits per heavy atom. The van der Waals surface area contributed by atoms with Crippen molar-refractivity contribution in [2.75, 3.05) is 38.2 Å². The summed E-state index contributed by atoms with van der Waals surface area (Å²) >= 11 is 0. The normalized spacial score (nSPS) is 28.4. The van der Waals surface area contributed by atoms with Crippen LogP contribution in [0.4, 0.5) is 5.95 Å². The van der Waals surface area contributed by atoms with Crippen molar-refractivity contribution in [1.82, 2.24) is 24.8 Å². The molecule has 0 aromatic carbocycles. The Morgan fingerprint density at radius 2 is 1.88 bits per heavy atom. The molecule has 8 heteroatoms. The number of hydrogen-bond donors (Lipinski definition) is 2. The Morgan fingerprint density at radius 1 is 1.09 bits per heavy atom. The van der Waals surface area contributed by atoms with E-state index >= 15 is 0 Å². The molecule has 3 fully saturated rings. The van der Waals surface area contributed by atoms with E-state index in [1.807, 2.05) is 12.3 Å². The SMILES string of the molecule is O=C1NCC2(CCCCC2)n2c1cc1cnc(N[C@H]3CC[C@H](N4CCOCC4)CC3)nc12. The van der Waals surface area contributed by atoms with Crippen LogP contribution in [0.5, 0.6) is 0 Å². The van der Waals surface area contributed by atoms with Crippen molar-refractivity contribution in [2.45, 2.75) is 75.4 Å². The molecular formula is C24H34N6O2. The number of carbonyl (C=O) groups is 1. The van der Waals surface area contributed by atoms with Gasteiger partial charge in [-0.25, -0.2) is 4.98 Å². The van der Waals surface area contributed by atoms with E-state index in [0.717, 1.165) is 68.7 Å². The molecule has 6 rings (SSSR count). The summed E-state index contributed by atoms with van der Waals surface area (Å²) in [5, 5.41) is 7.71. The summed E-state index contributed by atoms with van der Waals surface area (Å²) in [7, 11) is 0. The first-order valence-electron chi connectivity index (χ1n) is 12.5. The monoisotopic (exact) mass is 438 g/mol. The Hall–Kier alpha value is -2.19. The molecule has 2 aliphatic heterocycles. The van der Waals surface area contributed by atoms with Gasteiger partial charge in [0.05, 0.1) is 18.8 Å².